The molecule has 0 saturated heterocycles. The molecule has 0 unspecified atom stereocenters. The maximum atomic E-state index is 2.12. The van der Waals surface area contributed by atoms with Crippen molar-refractivity contribution < 1.29 is 0 Å². The lowest BCUT2D eigenvalue weighted by molar-refractivity contribution is 0.969. The Morgan fingerprint density at radius 2 is 1.67 bits per heavy atom. The van der Waals surface area contributed by atoms with Gasteiger partial charge in [0.05, 0.1) is 0 Å². The lowest BCUT2D eigenvalue weighted by Gasteiger charge is -1.92. The maximum Gasteiger partial charge on any atom is 0.0477 e. The van der Waals surface area contributed by atoms with Gasteiger partial charge in [-0.05, 0) is 17.5 Å². The summed E-state index contributed by atoms with van der Waals surface area (Å²) < 4.78 is 2.12. The first kappa shape index (κ1) is 10.8. The minimum atomic E-state index is 0. The average molecular weight is 163 g/mol. The minimum Gasteiger partial charge on any atom is -0.351 e. The van der Waals surface area contributed by atoms with E-state index in [2.05, 4.69) is 48.1 Å². The molecule has 12 heavy (non-hydrogen) atoms. The molecule has 0 bridgehead atoms. The highest BCUT2D eigenvalue weighted by Gasteiger charge is 1.92. The number of hydrogen-bond donors (Lipinski definition) is 0. The van der Waals surface area contributed by atoms with Crippen LogP contribution in [0.2, 0.25) is 0 Å². The van der Waals surface area contributed by atoms with Crippen molar-refractivity contribution in [3.05, 3.63) is 36.5 Å². The molecule has 1 nitrogen and oxygen atoms in total. The van der Waals surface area contributed by atoms with E-state index in [1.165, 1.54) is 10.9 Å². The third kappa shape index (κ3) is 1.50. The molecule has 0 radical (unpaired) electrons. The topological polar surface area (TPSA) is 4.93 Å². The second-order valence-corrected chi connectivity index (χ2v) is 2.49. The van der Waals surface area contributed by atoms with Crippen LogP contribution < -0.4 is 0 Å². The van der Waals surface area contributed by atoms with Gasteiger partial charge >= 0.3 is 0 Å². The first-order valence-corrected chi connectivity index (χ1v) is 3.38. The number of fused-ring (bicyclic) bond motifs is 1. The number of para-hydroxylation sites is 1. The Balaban J connectivity index is 0.000000605. The lowest BCUT2D eigenvalue weighted by Crippen LogP contribution is -1.81. The molecule has 0 fully saturated rings. The maximum absolute atomic E-state index is 2.12. The zero-order chi connectivity index (χ0) is 6.97. The number of rotatable bonds is 0. The van der Waals surface area contributed by atoms with Gasteiger partial charge in [0, 0.05) is 18.8 Å². The molecule has 2 aromatic rings. The van der Waals surface area contributed by atoms with E-state index in [9.17, 15) is 0 Å². The Hall–Kier alpha value is -1.24. The molecular formula is C11H17N. The van der Waals surface area contributed by atoms with Crippen LogP contribution in [0.15, 0.2) is 36.5 Å². The van der Waals surface area contributed by atoms with Crippen LogP contribution >= 0.6 is 0 Å². The molecule has 0 aliphatic carbocycles. The van der Waals surface area contributed by atoms with Crippen molar-refractivity contribution in [1.29, 1.82) is 0 Å². The highest BCUT2D eigenvalue weighted by atomic mass is 14.9. The summed E-state index contributed by atoms with van der Waals surface area (Å²) in [5.41, 5.74) is 1.29. The summed E-state index contributed by atoms with van der Waals surface area (Å²) in [5, 5.41) is 1.31. The van der Waals surface area contributed by atoms with Crippen molar-refractivity contribution in [1.82, 2.24) is 4.57 Å². The van der Waals surface area contributed by atoms with Crippen molar-refractivity contribution in [3.8, 4) is 0 Å². The van der Waals surface area contributed by atoms with E-state index in [0.29, 0.717) is 0 Å². The molecule has 0 saturated carbocycles. The first-order valence-electron chi connectivity index (χ1n) is 3.38. The number of aryl methyl sites for hydroxylation is 1. The van der Waals surface area contributed by atoms with Crippen LogP contribution in [-0.4, -0.2) is 4.57 Å². The molecule has 0 aliphatic rings. The van der Waals surface area contributed by atoms with E-state index in [1.54, 1.807) is 0 Å². The molecule has 0 atom stereocenters. The zero-order valence-electron chi connectivity index (χ0n) is 5.91. The molecule has 0 spiro atoms. The Kier molecular flexibility index (Phi) is 3.55. The first-order chi connectivity index (χ1) is 4.88. The van der Waals surface area contributed by atoms with Gasteiger partial charge in [0.2, 0.25) is 0 Å². The van der Waals surface area contributed by atoms with Crippen LogP contribution in [0.3, 0.4) is 0 Å². The summed E-state index contributed by atoms with van der Waals surface area (Å²) in [4.78, 5) is 0. The standard InChI is InChI=1S/C9H9N.2CH4/c1-10-7-6-8-4-2-3-5-9(8)10;;/h2-7H,1H3;2*1H4. The van der Waals surface area contributed by atoms with Crippen molar-refractivity contribution in [2.24, 2.45) is 7.05 Å². The van der Waals surface area contributed by atoms with Gasteiger partial charge in [0.1, 0.15) is 0 Å². The van der Waals surface area contributed by atoms with Gasteiger partial charge < -0.3 is 4.57 Å². The minimum absolute atomic E-state index is 0. The van der Waals surface area contributed by atoms with Gasteiger partial charge in [-0.3, -0.25) is 0 Å². The Labute approximate surface area is 74.6 Å². The lowest BCUT2D eigenvalue weighted by atomic mass is 10.2. The summed E-state index contributed by atoms with van der Waals surface area (Å²) in [6.07, 6.45) is 2.07. The summed E-state index contributed by atoms with van der Waals surface area (Å²) in [6, 6.07) is 10.5. The monoisotopic (exact) mass is 163 g/mol. The zero-order valence-corrected chi connectivity index (χ0v) is 5.91. The van der Waals surface area contributed by atoms with Crippen LogP contribution in [0.4, 0.5) is 0 Å². The SMILES string of the molecule is C.C.Cn1ccc2ccccc21. The molecule has 0 aliphatic heterocycles. The third-order valence-corrected chi connectivity index (χ3v) is 1.79. The molecule has 1 heterocycles. The highest BCUT2D eigenvalue weighted by Crippen LogP contribution is 2.12. The van der Waals surface area contributed by atoms with Crippen LogP contribution in [0, 0.1) is 0 Å². The summed E-state index contributed by atoms with van der Waals surface area (Å²) in [7, 11) is 2.06. The summed E-state index contributed by atoms with van der Waals surface area (Å²) in [6.45, 7) is 0. The number of benzene rings is 1. The van der Waals surface area contributed by atoms with Gasteiger partial charge in [-0.15, -0.1) is 0 Å². The van der Waals surface area contributed by atoms with E-state index in [1.807, 2.05) is 0 Å². The number of aromatic nitrogens is 1. The van der Waals surface area contributed by atoms with E-state index in [0.717, 1.165) is 0 Å². The molecule has 2 rings (SSSR count). The second-order valence-electron chi connectivity index (χ2n) is 2.49. The fraction of sp³-hybridized carbons (Fsp3) is 0.273. The largest absolute Gasteiger partial charge is 0.351 e. The second kappa shape index (κ2) is 3.96. The molecule has 0 N–H and O–H groups in total. The normalized spacial score (nSPS) is 8.75. The molecule has 66 valence electrons. The predicted molar refractivity (Wildman–Crippen MR) is 56.4 cm³/mol. The van der Waals surface area contributed by atoms with Gasteiger partial charge in [0.15, 0.2) is 0 Å². The number of nitrogens with zero attached hydrogens (tertiary/aromatic N) is 1. The Bertz CT molecular complexity index is 347. The number of hydrogen-bond acceptors (Lipinski definition) is 0. The molecule has 0 amide bonds. The summed E-state index contributed by atoms with van der Waals surface area (Å²) in [5.74, 6) is 0. The van der Waals surface area contributed by atoms with Gasteiger partial charge in [-0.25, -0.2) is 0 Å². The fourth-order valence-electron chi connectivity index (χ4n) is 1.22. The van der Waals surface area contributed by atoms with Crippen LogP contribution in [0.5, 0.6) is 0 Å². The van der Waals surface area contributed by atoms with Gasteiger partial charge in [-0.1, -0.05) is 33.1 Å². The highest BCUT2D eigenvalue weighted by molar-refractivity contribution is 5.79. The van der Waals surface area contributed by atoms with E-state index < -0.39 is 0 Å². The van der Waals surface area contributed by atoms with Crippen molar-refractivity contribution in [3.63, 3.8) is 0 Å². The molecule has 1 heteroatoms. The smallest absolute Gasteiger partial charge is 0.0477 e. The Morgan fingerprint density at radius 3 is 2.33 bits per heavy atom. The third-order valence-electron chi connectivity index (χ3n) is 1.79. The van der Waals surface area contributed by atoms with Gasteiger partial charge in [0.25, 0.3) is 0 Å². The molecule has 1 aromatic carbocycles. The quantitative estimate of drug-likeness (QED) is 0.560. The van der Waals surface area contributed by atoms with Crippen molar-refractivity contribution in [2.75, 3.05) is 0 Å². The molecular weight excluding hydrogens is 146 g/mol. The average Bonchev–Trinajstić information content (AvgIpc) is 2.34. The van der Waals surface area contributed by atoms with Crippen LogP contribution in [0.25, 0.3) is 10.9 Å². The van der Waals surface area contributed by atoms with Crippen LogP contribution in [-0.2, 0) is 7.05 Å². The van der Waals surface area contributed by atoms with Crippen molar-refractivity contribution in [2.45, 2.75) is 14.9 Å². The fourth-order valence-corrected chi connectivity index (χ4v) is 1.22. The van der Waals surface area contributed by atoms with E-state index >= 15 is 0 Å². The van der Waals surface area contributed by atoms with Crippen LogP contribution in [0.1, 0.15) is 14.9 Å². The van der Waals surface area contributed by atoms with E-state index in [-0.39, 0.29) is 14.9 Å². The predicted octanol–water partition coefficient (Wildman–Crippen LogP) is 3.45. The van der Waals surface area contributed by atoms with Crippen molar-refractivity contribution >= 4 is 10.9 Å². The molecule has 1 aromatic heterocycles. The van der Waals surface area contributed by atoms with E-state index in [4.69, 9.17) is 0 Å². The van der Waals surface area contributed by atoms with Gasteiger partial charge in [-0.2, -0.15) is 0 Å². The Morgan fingerprint density at radius 1 is 1.00 bits per heavy atom. The summed E-state index contributed by atoms with van der Waals surface area (Å²) >= 11 is 0.